The molecule has 0 radical (unpaired) electrons. The van der Waals surface area contributed by atoms with Gasteiger partial charge in [0, 0.05) is 27.7 Å². The van der Waals surface area contributed by atoms with Gasteiger partial charge in [-0.05, 0) is 0 Å². The highest BCUT2D eigenvalue weighted by Gasteiger charge is 2.75. The molecule has 0 aromatic carbocycles. The smallest absolute Gasteiger partial charge is 0.00189 e. The van der Waals surface area contributed by atoms with Gasteiger partial charge in [0.05, 0.1) is 0 Å². The van der Waals surface area contributed by atoms with Crippen molar-refractivity contribution in [1.29, 1.82) is 0 Å². The number of rotatable bonds is 0. The van der Waals surface area contributed by atoms with Crippen LogP contribution in [0.25, 0.3) is 0 Å². The second-order valence-electron chi connectivity index (χ2n) is 3.04. The third-order valence-electron chi connectivity index (χ3n) is 1.85. The summed E-state index contributed by atoms with van der Waals surface area (Å²) in [5, 5.41) is 0. The van der Waals surface area contributed by atoms with E-state index in [1.54, 1.807) is 0 Å². The molecule has 0 bridgehead atoms. The van der Waals surface area contributed by atoms with Crippen LogP contribution in [-0.2, 0) is 0 Å². The summed E-state index contributed by atoms with van der Waals surface area (Å²) in [4.78, 5) is 1.01. The molecule has 0 aromatic rings. The maximum Gasteiger partial charge on any atom is 0.245 e. The molecule has 0 spiro atoms. The van der Waals surface area contributed by atoms with Crippen LogP contribution >= 0.6 is 0 Å². The van der Waals surface area contributed by atoms with Crippen molar-refractivity contribution in [1.82, 2.24) is 0 Å². The van der Waals surface area contributed by atoms with Crippen molar-refractivity contribution in [3.63, 3.8) is 0 Å². The molecule has 1 fully saturated rings. The van der Waals surface area contributed by atoms with Crippen LogP contribution in [0.15, 0.2) is 0 Å². The van der Waals surface area contributed by atoms with E-state index < -0.39 is 0 Å². The quantitative estimate of drug-likeness (QED) is 0.426. The third-order valence-corrected chi connectivity index (χ3v) is 3.55. The van der Waals surface area contributed by atoms with E-state index in [-0.39, 0.29) is 0 Å². The molecule has 0 unspecified atom stereocenters. The normalized spacial score (nSPS) is 32.6. The molecule has 0 aromatic heterocycles. The lowest BCUT2D eigenvalue weighted by atomic mass is 10.0. The zero-order valence-corrected chi connectivity index (χ0v) is 6.13. The molecule has 42 valence electrons. The molecule has 0 N–H and O–H groups in total. The lowest BCUT2D eigenvalue weighted by Crippen LogP contribution is -2.10. The van der Waals surface area contributed by atoms with Gasteiger partial charge in [0.15, 0.2) is 0 Å². The van der Waals surface area contributed by atoms with E-state index in [0.29, 0.717) is 9.75 Å². The van der Waals surface area contributed by atoms with Crippen molar-refractivity contribution < 1.29 is 10.8 Å². The summed E-state index contributed by atoms with van der Waals surface area (Å²) in [6, 6.07) is 0. The first-order valence-electron chi connectivity index (χ1n) is 2.63. The van der Waals surface area contributed by atoms with Crippen molar-refractivity contribution in [3.8, 4) is 0 Å². The Morgan fingerprint density at radius 1 is 0.857 bits per heavy atom. The SMILES string of the molecule is CC1(C)[Cl+]C1(C)C. The first-order chi connectivity index (χ1) is 2.96. The Hall–Kier alpha value is 0.290. The van der Waals surface area contributed by atoms with Gasteiger partial charge in [-0.2, -0.15) is 0 Å². The maximum absolute atomic E-state index is 2.48. The van der Waals surface area contributed by atoms with Crippen molar-refractivity contribution in [2.75, 3.05) is 0 Å². The van der Waals surface area contributed by atoms with Gasteiger partial charge in [-0.3, -0.25) is 0 Å². The molecule has 1 saturated heterocycles. The van der Waals surface area contributed by atoms with Crippen LogP contribution in [0.2, 0.25) is 0 Å². The fourth-order valence-corrected chi connectivity index (χ4v) is 1.70. The van der Waals surface area contributed by atoms with E-state index in [0.717, 1.165) is 0 Å². The minimum absolute atomic E-state index is 0.507. The Morgan fingerprint density at radius 3 is 1.00 bits per heavy atom. The minimum atomic E-state index is 0.507. The predicted molar refractivity (Wildman–Crippen MR) is 28.2 cm³/mol. The van der Waals surface area contributed by atoms with Gasteiger partial charge in [-0.15, -0.1) is 0 Å². The van der Waals surface area contributed by atoms with Crippen LogP contribution in [0.1, 0.15) is 27.7 Å². The van der Waals surface area contributed by atoms with E-state index in [2.05, 4.69) is 38.5 Å². The first-order valence-corrected chi connectivity index (χ1v) is 3.38. The summed E-state index contributed by atoms with van der Waals surface area (Å²) in [5.41, 5.74) is 0. The summed E-state index contributed by atoms with van der Waals surface area (Å²) in [7, 11) is 2.48. The molecule has 0 saturated carbocycles. The molecule has 7 heavy (non-hydrogen) atoms. The predicted octanol–water partition coefficient (Wildman–Crippen LogP) is 1.64. The van der Waals surface area contributed by atoms with Gasteiger partial charge >= 0.3 is 0 Å². The fraction of sp³-hybridized carbons (Fsp3) is 1.00. The molecular weight excluding hydrogens is 108 g/mol. The van der Waals surface area contributed by atoms with Crippen LogP contribution in [-0.4, -0.2) is 9.75 Å². The molecular formula is C6H12Cl+. The third kappa shape index (κ3) is 0.655. The average Bonchev–Trinajstić information content (AvgIpc) is 1.63. The van der Waals surface area contributed by atoms with E-state index >= 15 is 0 Å². The van der Waals surface area contributed by atoms with Crippen molar-refractivity contribution >= 4 is 0 Å². The lowest BCUT2D eigenvalue weighted by molar-refractivity contribution is -0.551. The fourth-order valence-electron chi connectivity index (χ4n) is 0.567. The molecule has 1 aliphatic rings. The molecule has 0 amide bonds. The van der Waals surface area contributed by atoms with Gasteiger partial charge in [-0.1, -0.05) is 0 Å². The number of hydrogen-bond acceptors (Lipinski definition) is 0. The zero-order chi connectivity index (χ0) is 5.71. The summed E-state index contributed by atoms with van der Waals surface area (Å²) in [5.74, 6) is 0. The Labute approximate surface area is 49.0 Å². The minimum Gasteiger partial charge on any atom is 0.00189 e. The molecule has 1 heterocycles. The van der Waals surface area contributed by atoms with E-state index in [1.807, 2.05) is 0 Å². The number of hydrogen-bond donors (Lipinski definition) is 0. The number of alkyl halides is 2. The van der Waals surface area contributed by atoms with Crippen molar-refractivity contribution in [2.24, 2.45) is 0 Å². The Bertz CT molecular complexity index is 80.4. The largest absolute Gasteiger partial charge is 0.245 e. The van der Waals surface area contributed by atoms with E-state index in [4.69, 9.17) is 0 Å². The highest BCUT2D eigenvalue weighted by atomic mass is 35.5. The molecule has 0 atom stereocenters. The van der Waals surface area contributed by atoms with Crippen LogP contribution in [0.3, 0.4) is 0 Å². The van der Waals surface area contributed by atoms with Gasteiger partial charge in [-0.25, -0.2) is 0 Å². The highest BCUT2D eigenvalue weighted by molar-refractivity contribution is 4.95. The van der Waals surface area contributed by atoms with Crippen LogP contribution in [0.5, 0.6) is 0 Å². The average molecular weight is 120 g/mol. The van der Waals surface area contributed by atoms with Gasteiger partial charge in [0.2, 0.25) is 9.75 Å². The Balaban J connectivity index is 2.59. The van der Waals surface area contributed by atoms with Crippen molar-refractivity contribution in [3.05, 3.63) is 0 Å². The van der Waals surface area contributed by atoms with Crippen LogP contribution < -0.4 is 0 Å². The van der Waals surface area contributed by atoms with E-state index in [9.17, 15) is 0 Å². The molecule has 1 aliphatic heterocycles. The molecule has 1 rings (SSSR count). The second-order valence-corrected chi connectivity index (χ2v) is 5.12. The highest BCUT2D eigenvalue weighted by Crippen LogP contribution is 2.47. The monoisotopic (exact) mass is 119 g/mol. The molecule has 0 nitrogen and oxygen atoms in total. The van der Waals surface area contributed by atoms with E-state index in [1.165, 1.54) is 0 Å². The lowest BCUT2D eigenvalue weighted by Gasteiger charge is -1.84. The summed E-state index contributed by atoms with van der Waals surface area (Å²) in [6.45, 7) is 9.06. The van der Waals surface area contributed by atoms with Crippen LogP contribution in [0.4, 0.5) is 0 Å². The summed E-state index contributed by atoms with van der Waals surface area (Å²) >= 11 is 0. The summed E-state index contributed by atoms with van der Waals surface area (Å²) < 4.78 is 0. The molecule has 1 heteroatoms. The Kier molecular flexibility index (Phi) is 0.773. The standard InChI is InChI=1S/C6H12Cl/c1-5(2)6(3,4)7-5/h1-4H3/q+1. The zero-order valence-electron chi connectivity index (χ0n) is 5.38. The van der Waals surface area contributed by atoms with Gasteiger partial charge in [0.25, 0.3) is 0 Å². The maximum atomic E-state index is 2.48. The van der Waals surface area contributed by atoms with Crippen LogP contribution in [0, 0.1) is 10.8 Å². The summed E-state index contributed by atoms with van der Waals surface area (Å²) in [6.07, 6.45) is 0. The second kappa shape index (κ2) is 0.997. The van der Waals surface area contributed by atoms with Gasteiger partial charge in [0.1, 0.15) is 10.8 Å². The Morgan fingerprint density at radius 2 is 1.00 bits per heavy atom. The van der Waals surface area contributed by atoms with Crippen molar-refractivity contribution in [2.45, 2.75) is 37.4 Å². The number of halogens is 1. The molecule has 0 aliphatic carbocycles. The van der Waals surface area contributed by atoms with Gasteiger partial charge < -0.3 is 0 Å². The topological polar surface area (TPSA) is 0 Å². The first kappa shape index (κ1) is 5.43.